The Balaban J connectivity index is 1.98. The average Bonchev–Trinajstić information content (AvgIpc) is 3.11. The van der Waals surface area contributed by atoms with Crippen molar-refractivity contribution in [2.75, 3.05) is 4.72 Å². The number of benzene rings is 1. The summed E-state index contributed by atoms with van der Waals surface area (Å²) in [6.45, 7) is 6.09. The molecule has 152 valence electrons. The predicted octanol–water partition coefficient (Wildman–Crippen LogP) is 3.93. The van der Waals surface area contributed by atoms with Crippen molar-refractivity contribution in [3.63, 3.8) is 0 Å². The van der Waals surface area contributed by atoms with Crippen molar-refractivity contribution < 1.29 is 13.3 Å². The minimum atomic E-state index is -3.96. The predicted molar refractivity (Wildman–Crippen MR) is 109 cm³/mol. The maximum Gasteiger partial charge on any atom is 0.307 e. The molecule has 0 radical (unpaired) electrons. The van der Waals surface area contributed by atoms with Crippen LogP contribution in [0.15, 0.2) is 53.8 Å². The largest absolute Gasteiger partial charge is 0.307 e. The molecule has 0 bridgehead atoms. The fraction of sp³-hybridized carbons (Fsp3) is 0.222. The topological polar surface area (TPSA) is 120 Å². The number of nitrogens with zero attached hydrogens (tertiary/aromatic N) is 4. The van der Waals surface area contributed by atoms with E-state index in [1.807, 2.05) is 20.8 Å². The van der Waals surface area contributed by atoms with Gasteiger partial charge in [0.15, 0.2) is 5.82 Å². The first-order chi connectivity index (χ1) is 13.5. The molecule has 0 aliphatic rings. The van der Waals surface area contributed by atoms with Crippen LogP contribution in [0.4, 0.5) is 11.4 Å². The minimum Gasteiger partial charge on any atom is -0.276 e. The lowest BCUT2D eigenvalue weighted by Crippen LogP contribution is -2.16. The molecule has 0 saturated carbocycles. The Morgan fingerprint density at radius 3 is 2.38 bits per heavy atom. The molecule has 3 rings (SSSR count). The molecular weight excluding hydrogens is 418 g/mol. The third-order valence-electron chi connectivity index (χ3n) is 4.11. The number of sulfonamides is 1. The second-order valence-corrected chi connectivity index (χ2v) is 9.42. The zero-order valence-electron chi connectivity index (χ0n) is 15.8. The van der Waals surface area contributed by atoms with Crippen LogP contribution in [-0.2, 0) is 15.4 Å². The molecule has 1 N–H and O–H groups in total. The SMILES string of the molecule is CC(C)(C)c1ccc(S(=O)(=O)Nc2cc(Cl)cnc2-n2cc([N+](=O)[O-])cn2)cc1. The lowest BCUT2D eigenvalue weighted by Gasteiger charge is -2.19. The van der Waals surface area contributed by atoms with Crippen molar-refractivity contribution in [2.45, 2.75) is 31.1 Å². The van der Waals surface area contributed by atoms with E-state index < -0.39 is 14.9 Å². The quantitative estimate of drug-likeness (QED) is 0.478. The summed E-state index contributed by atoms with van der Waals surface area (Å²) in [5.74, 6) is 0.0531. The van der Waals surface area contributed by atoms with Gasteiger partial charge in [-0.25, -0.2) is 18.1 Å². The number of pyridine rings is 1. The Hall–Kier alpha value is -2.98. The molecule has 0 saturated heterocycles. The van der Waals surface area contributed by atoms with Gasteiger partial charge in [-0.15, -0.1) is 0 Å². The molecule has 0 amide bonds. The second kappa shape index (κ2) is 7.45. The van der Waals surface area contributed by atoms with Crippen LogP contribution in [0.5, 0.6) is 0 Å². The molecule has 2 heterocycles. The van der Waals surface area contributed by atoms with E-state index >= 15 is 0 Å². The van der Waals surface area contributed by atoms with Crippen molar-refractivity contribution in [1.82, 2.24) is 14.8 Å². The Morgan fingerprint density at radius 2 is 1.83 bits per heavy atom. The van der Waals surface area contributed by atoms with E-state index in [9.17, 15) is 18.5 Å². The van der Waals surface area contributed by atoms with Crippen LogP contribution < -0.4 is 4.72 Å². The molecular formula is C18H18ClN5O4S. The van der Waals surface area contributed by atoms with Crippen LogP contribution in [0.25, 0.3) is 5.82 Å². The van der Waals surface area contributed by atoms with E-state index in [-0.39, 0.29) is 32.5 Å². The lowest BCUT2D eigenvalue weighted by atomic mass is 9.87. The van der Waals surface area contributed by atoms with Gasteiger partial charge in [0.2, 0.25) is 0 Å². The van der Waals surface area contributed by atoms with Crippen molar-refractivity contribution in [3.8, 4) is 5.82 Å². The summed E-state index contributed by atoms with van der Waals surface area (Å²) in [5.41, 5.74) is 0.656. The fourth-order valence-electron chi connectivity index (χ4n) is 2.55. The molecule has 3 aromatic rings. The van der Waals surface area contributed by atoms with Crippen LogP contribution in [0.3, 0.4) is 0 Å². The summed E-state index contributed by atoms with van der Waals surface area (Å²) in [7, 11) is -3.96. The van der Waals surface area contributed by atoms with Gasteiger partial charge in [0.05, 0.1) is 20.5 Å². The van der Waals surface area contributed by atoms with E-state index in [0.717, 1.165) is 22.6 Å². The van der Waals surface area contributed by atoms with Crippen LogP contribution >= 0.6 is 11.6 Å². The molecule has 0 spiro atoms. The summed E-state index contributed by atoms with van der Waals surface area (Å²) in [5, 5.41) is 15.0. The molecule has 0 fully saturated rings. The Kier molecular flexibility index (Phi) is 5.33. The van der Waals surface area contributed by atoms with Crippen LogP contribution in [0, 0.1) is 10.1 Å². The summed E-state index contributed by atoms with van der Waals surface area (Å²) >= 11 is 5.97. The molecule has 0 atom stereocenters. The molecule has 11 heteroatoms. The van der Waals surface area contributed by atoms with Gasteiger partial charge in [0, 0.05) is 6.20 Å². The highest BCUT2D eigenvalue weighted by Crippen LogP contribution is 2.27. The van der Waals surface area contributed by atoms with Crippen LogP contribution in [0.2, 0.25) is 5.02 Å². The molecule has 1 aromatic carbocycles. The van der Waals surface area contributed by atoms with E-state index in [4.69, 9.17) is 11.6 Å². The molecule has 0 aliphatic heterocycles. The summed E-state index contributed by atoms with van der Waals surface area (Å²) < 4.78 is 29.2. The summed E-state index contributed by atoms with van der Waals surface area (Å²) in [6.07, 6.45) is 3.46. The summed E-state index contributed by atoms with van der Waals surface area (Å²) in [4.78, 5) is 14.4. The monoisotopic (exact) mass is 435 g/mol. The van der Waals surface area contributed by atoms with E-state index in [1.165, 1.54) is 24.4 Å². The number of rotatable bonds is 5. The fourth-order valence-corrected chi connectivity index (χ4v) is 3.76. The normalized spacial score (nSPS) is 12.0. The highest BCUT2D eigenvalue weighted by atomic mass is 35.5. The Labute approximate surface area is 172 Å². The first-order valence-electron chi connectivity index (χ1n) is 8.46. The Bertz CT molecular complexity index is 1170. The van der Waals surface area contributed by atoms with Gasteiger partial charge < -0.3 is 0 Å². The van der Waals surface area contributed by atoms with Crippen molar-refractivity contribution >= 4 is 33.0 Å². The lowest BCUT2D eigenvalue weighted by molar-refractivity contribution is -0.384. The highest BCUT2D eigenvalue weighted by molar-refractivity contribution is 7.92. The van der Waals surface area contributed by atoms with E-state index in [2.05, 4.69) is 14.8 Å². The average molecular weight is 436 g/mol. The number of nitrogens with one attached hydrogen (secondary N) is 1. The summed E-state index contributed by atoms with van der Waals surface area (Å²) in [6, 6.07) is 7.89. The number of aromatic nitrogens is 3. The van der Waals surface area contributed by atoms with E-state index in [0.29, 0.717) is 0 Å². The Morgan fingerprint density at radius 1 is 1.17 bits per heavy atom. The molecule has 2 aromatic heterocycles. The van der Waals surface area contributed by atoms with E-state index in [1.54, 1.807) is 12.1 Å². The number of halogens is 1. The second-order valence-electron chi connectivity index (χ2n) is 7.30. The maximum absolute atomic E-state index is 12.9. The van der Waals surface area contributed by atoms with Crippen molar-refractivity contribution in [3.05, 3.63) is 69.6 Å². The molecule has 0 unspecified atom stereocenters. The zero-order chi connectivity index (χ0) is 21.4. The van der Waals surface area contributed by atoms with Gasteiger partial charge in [-0.2, -0.15) is 5.10 Å². The van der Waals surface area contributed by atoms with Gasteiger partial charge in [-0.3, -0.25) is 14.8 Å². The van der Waals surface area contributed by atoms with Gasteiger partial charge in [0.1, 0.15) is 12.4 Å². The third-order valence-corrected chi connectivity index (χ3v) is 5.69. The maximum atomic E-state index is 12.9. The van der Waals surface area contributed by atoms with Crippen LogP contribution in [0.1, 0.15) is 26.3 Å². The van der Waals surface area contributed by atoms with Crippen LogP contribution in [-0.4, -0.2) is 28.1 Å². The number of hydrogen-bond acceptors (Lipinski definition) is 6. The van der Waals surface area contributed by atoms with Gasteiger partial charge in [-0.1, -0.05) is 44.5 Å². The number of nitro groups is 1. The molecule has 9 nitrogen and oxygen atoms in total. The minimum absolute atomic E-state index is 0.0374. The van der Waals surface area contributed by atoms with Crippen molar-refractivity contribution in [1.29, 1.82) is 0 Å². The third kappa shape index (κ3) is 4.54. The smallest absolute Gasteiger partial charge is 0.276 e. The first-order valence-corrected chi connectivity index (χ1v) is 10.3. The molecule has 29 heavy (non-hydrogen) atoms. The number of anilines is 1. The standard InChI is InChI=1S/C18H18ClN5O4S/c1-18(2,3)12-4-6-15(7-5-12)29(27,28)22-16-8-13(19)9-20-17(16)23-11-14(10-21-23)24(25)26/h4-11,22H,1-3H3. The van der Waals surface area contributed by atoms with Gasteiger partial charge in [0.25, 0.3) is 10.0 Å². The highest BCUT2D eigenvalue weighted by Gasteiger charge is 2.21. The van der Waals surface area contributed by atoms with Gasteiger partial charge >= 0.3 is 5.69 Å². The first kappa shape index (κ1) is 20.7. The molecule has 0 aliphatic carbocycles. The zero-order valence-corrected chi connectivity index (χ0v) is 17.4. The van der Waals surface area contributed by atoms with Crippen molar-refractivity contribution in [2.24, 2.45) is 0 Å². The van der Waals surface area contributed by atoms with Gasteiger partial charge in [-0.05, 0) is 29.2 Å². The number of hydrogen-bond donors (Lipinski definition) is 1.